The summed E-state index contributed by atoms with van der Waals surface area (Å²) in [7, 11) is 0. The molecule has 0 saturated carbocycles. The first-order chi connectivity index (χ1) is 14.5. The average Bonchev–Trinajstić information content (AvgIpc) is 3.40. The highest BCUT2D eigenvalue weighted by molar-refractivity contribution is 5.96. The molecule has 0 aliphatic rings. The lowest BCUT2D eigenvalue weighted by Gasteiger charge is -2.08. The molecule has 0 fully saturated rings. The Balaban J connectivity index is 1.41. The molecule has 3 N–H and O–H groups in total. The third-order valence-corrected chi connectivity index (χ3v) is 4.39. The standard InChI is InChI=1S/C21H21N7O2/c1-13(2)26-21(30)18-5-3-4-17(27-18)20(29)22-9-14-10-25-28(11-14)15-6-7-16-19(8-15)24-12-23-16/h3-8,10-13H,9H2,1-2H3,(H,22,29)(H,23,24)(H,26,30). The number of nitrogens with one attached hydrogen (secondary N) is 3. The second-order valence-electron chi connectivity index (χ2n) is 7.12. The molecule has 0 atom stereocenters. The maximum absolute atomic E-state index is 12.5. The number of rotatable bonds is 6. The van der Waals surface area contributed by atoms with Gasteiger partial charge in [0.05, 0.1) is 29.2 Å². The second kappa shape index (κ2) is 8.16. The fourth-order valence-electron chi connectivity index (χ4n) is 2.96. The number of nitrogens with zero attached hydrogens (tertiary/aromatic N) is 4. The summed E-state index contributed by atoms with van der Waals surface area (Å²) in [4.78, 5) is 36.0. The second-order valence-corrected chi connectivity index (χ2v) is 7.12. The Morgan fingerprint density at radius 3 is 2.73 bits per heavy atom. The number of aromatic nitrogens is 5. The van der Waals surface area contributed by atoms with Crippen LogP contribution in [-0.4, -0.2) is 42.6 Å². The van der Waals surface area contributed by atoms with Crippen LogP contribution >= 0.6 is 0 Å². The fraction of sp³-hybridized carbons (Fsp3) is 0.190. The van der Waals surface area contributed by atoms with E-state index in [1.807, 2.05) is 38.2 Å². The van der Waals surface area contributed by atoms with Crippen molar-refractivity contribution in [3.05, 3.63) is 72.1 Å². The molecule has 0 aliphatic carbocycles. The van der Waals surface area contributed by atoms with Crippen molar-refractivity contribution < 1.29 is 9.59 Å². The summed E-state index contributed by atoms with van der Waals surface area (Å²) < 4.78 is 1.73. The van der Waals surface area contributed by atoms with E-state index in [2.05, 4.69) is 30.7 Å². The Hall–Kier alpha value is -4.01. The molecule has 3 heterocycles. The lowest BCUT2D eigenvalue weighted by Crippen LogP contribution is -2.31. The highest BCUT2D eigenvalue weighted by atomic mass is 16.2. The van der Waals surface area contributed by atoms with Gasteiger partial charge in [0, 0.05) is 24.3 Å². The van der Waals surface area contributed by atoms with Gasteiger partial charge in [-0.1, -0.05) is 6.07 Å². The van der Waals surface area contributed by atoms with Crippen molar-refractivity contribution in [1.82, 2.24) is 35.4 Å². The van der Waals surface area contributed by atoms with Crippen LogP contribution in [0.5, 0.6) is 0 Å². The first-order valence-electron chi connectivity index (χ1n) is 9.53. The summed E-state index contributed by atoms with van der Waals surface area (Å²) in [6, 6.07) is 10.6. The van der Waals surface area contributed by atoms with Gasteiger partial charge in [-0.3, -0.25) is 9.59 Å². The van der Waals surface area contributed by atoms with Crippen LogP contribution in [0.1, 0.15) is 40.4 Å². The van der Waals surface area contributed by atoms with E-state index >= 15 is 0 Å². The molecule has 3 aromatic heterocycles. The maximum atomic E-state index is 12.5. The zero-order valence-electron chi connectivity index (χ0n) is 16.6. The molecule has 0 bridgehead atoms. The van der Waals surface area contributed by atoms with Crippen LogP contribution < -0.4 is 10.6 Å². The smallest absolute Gasteiger partial charge is 0.270 e. The number of benzene rings is 1. The lowest BCUT2D eigenvalue weighted by molar-refractivity contribution is 0.0936. The third kappa shape index (κ3) is 4.19. The summed E-state index contributed by atoms with van der Waals surface area (Å²) in [5.41, 5.74) is 3.92. The highest BCUT2D eigenvalue weighted by Crippen LogP contribution is 2.15. The summed E-state index contributed by atoms with van der Waals surface area (Å²) in [6.07, 6.45) is 5.18. The largest absolute Gasteiger partial charge is 0.349 e. The number of hydrogen-bond acceptors (Lipinski definition) is 5. The minimum absolute atomic E-state index is 0.0118. The molecule has 30 heavy (non-hydrogen) atoms. The Bertz CT molecular complexity index is 1210. The number of carbonyl (C=O) groups is 2. The molecule has 152 valence electrons. The van der Waals surface area contributed by atoms with Gasteiger partial charge in [0.1, 0.15) is 11.4 Å². The quantitative estimate of drug-likeness (QED) is 0.456. The van der Waals surface area contributed by atoms with E-state index < -0.39 is 0 Å². The highest BCUT2D eigenvalue weighted by Gasteiger charge is 2.13. The Kier molecular flexibility index (Phi) is 5.25. The molecule has 9 nitrogen and oxygen atoms in total. The van der Waals surface area contributed by atoms with E-state index in [1.54, 1.807) is 35.4 Å². The molecule has 4 aromatic rings. The van der Waals surface area contributed by atoms with E-state index in [9.17, 15) is 9.59 Å². The van der Waals surface area contributed by atoms with Crippen LogP contribution in [-0.2, 0) is 6.54 Å². The van der Waals surface area contributed by atoms with Crippen molar-refractivity contribution >= 4 is 22.8 Å². The summed E-state index contributed by atoms with van der Waals surface area (Å²) in [6.45, 7) is 4.01. The predicted molar refractivity (Wildman–Crippen MR) is 111 cm³/mol. The number of carbonyl (C=O) groups excluding carboxylic acids is 2. The zero-order valence-corrected chi connectivity index (χ0v) is 16.6. The van der Waals surface area contributed by atoms with E-state index in [0.717, 1.165) is 22.3 Å². The molecule has 0 unspecified atom stereocenters. The molecular weight excluding hydrogens is 382 g/mol. The van der Waals surface area contributed by atoms with E-state index in [-0.39, 0.29) is 35.8 Å². The summed E-state index contributed by atoms with van der Waals surface area (Å²) >= 11 is 0. The molecular formula is C21H21N7O2. The zero-order chi connectivity index (χ0) is 21.1. The molecule has 0 spiro atoms. The first-order valence-corrected chi connectivity index (χ1v) is 9.53. The Labute approximate surface area is 172 Å². The average molecular weight is 403 g/mol. The Morgan fingerprint density at radius 1 is 1.13 bits per heavy atom. The molecule has 4 rings (SSSR count). The maximum Gasteiger partial charge on any atom is 0.270 e. The van der Waals surface area contributed by atoms with Crippen LogP contribution in [0.3, 0.4) is 0 Å². The van der Waals surface area contributed by atoms with Crippen LogP contribution in [0.4, 0.5) is 0 Å². The van der Waals surface area contributed by atoms with Crippen molar-refractivity contribution in [3.63, 3.8) is 0 Å². The van der Waals surface area contributed by atoms with Gasteiger partial charge in [0.2, 0.25) is 0 Å². The van der Waals surface area contributed by atoms with Gasteiger partial charge in [0.15, 0.2) is 0 Å². The molecule has 0 radical (unpaired) electrons. The van der Waals surface area contributed by atoms with Gasteiger partial charge in [0.25, 0.3) is 11.8 Å². The van der Waals surface area contributed by atoms with Crippen molar-refractivity contribution in [3.8, 4) is 5.69 Å². The van der Waals surface area contributed by atoms with Gasteiger partial charge in [-0.05, 0) is 44.2 Å². The fourth-order valence-corrected chi connectivity index (χ4v) is 2.96. The van der Waals surface area contributed by atoms with Crippen LogP contribution in [0, 0.1) is 0 Å². The molecule has 9 heteroatoms. The van der Waals surface area contributed by atoms with Gasteiger partial charge < -0.3 is 15.6 Å². The molecule has 1 aromatic carbocycles. The van der Waals surface area contributed by atoms with Gasteiger partial charge in [-0.2, -0.15) is 5.10 Å². The van der Waals surface area contributed by atoms with Gasteiger partial charge >= 0.3 is 0 Å². The molecule has 0 aliphatic heterocycles. The van der Waals surface area contributed by atoms with Crippen LogP contribution in [0.15, 0.2) is 55.1 Å². The van der Waals surface area contributed by atoms with Crippen LogP contribution in [0.2, 0.25) is 0 Å². The van der Waals surface area contributed by atoms with E-state index in [0.29, 0.717) is 0 Å². The Morgan fingerprint density at radius 2 is 1.93 bits per heavy atom. The number of H-pyrrole nitrogens is 1. The minimum atomic E-state index is -0.360. The summed E-state index contributed by atoms with van der Waals surface area (Å²) in [5.74, 6) is -0.670. The number of fused-ring (bicyclic) bond motifs is 1. The van der Waals surface area contributed by atoms with E-state index in [4.69, 9.17) is 0 Å². The lowest BCUT2D eigenvalue weighted by atomic mass is 10.2. The first kappa shape index (κ1) is 19.3. The number of hydrogen-bond donors (Lipinski definition) is 3. The van der Waals surface area contributed by atoms with Gasteiger partial charge in [-0.25, -0.2) is 14.6 Å². The van der Waals surface area contributed by atoms with Crippen molar-refractivity contribution in [1.29, 1.82) is 0 Å². The van der Waals surface area contributed by atoms with E-state index in [1.165, 1.54) is 0 Å². The summed E-state index contributed by atoms with van der Waals surface area (Å²) in [5, 5.41) is 9.93. The normalized spacial score (nSPS) is 11.0. The number of amides is 2. The molecule has 2 amide bonds. The molecule has 0 saturated heterocycles. The third-order valence-electron chi connectivity index (χ3n) is 4.39. The number of pyridine rings is 1. The number of imidazole rings is 1. The topological polar surface area (TPSA) is 118 Å². The van der Waals surface area contributed by atoms with Crippen molar-refractivity contribution in [2.75, 3.05) is 0 Å². The minimum Gasteiger partial charge on any atom is -0.349 e. The monoisotopic (exact) mass is 403 g/mol. The number of aromatic amines is 1. The van der Waals surface area contributed by atoms with Crippen molar-refractivity contribution in [2.24, 2.45) is 0 Å². The van der Waals surface area contributed by atoms with Gasteiger partial charge in [-0.15, -0.1) is 0 Å². The SMILES string of the molecule is CC(C)NC(=O)c1cccc(C(=O)NCc2cnn(-c3ccc4nc[nH]c4c3)c2)n1. The van der Waals surface area contributed by atoms with Crippen molar-refractivity contribution in [2.45, 2.75) is 26.4 Å². The predicted octanol–water partition coefficient (Wildman–Crippen LogP) is 2.21. The van der Waals surface area contributed by atoms with Crippen LogP contribution in [0.25, 0.3) is 16.7 Å².